The van der Waals surface area contributed by atoms with E-state index >= 15 is 0 Å². The van der Waals surface area contributed by atoms with Crippen LogP contribution in [-0.4, -0.2) is 23.1 Å². The van der Waals surface area contributed by atoms with E-state index in [0.29, 0.717) is 18.8 Å². The van der Waals surface area contributed by atoms with Crippen LogP contribution < -0.4 is 9.47 Å². The molecule has 0 aliphatic carbocycles. The van der Waals surface area contributed by atoms with Gasteiger partial charge in [0.05, 0.1) is 13.2 Å². The maximum Gasteiger partial charge on any atom is 0.406 e. The van der Waals surface area contributed by atoms with Gasteiger partial charge in [0.2, 0.25) is 5.75 Å². The van der Waals surface area contributed by atoms with Gasteiger partial charge in [0, 0.05) is 6.42 Å². The van der Waals surface area contributed by atoms with Crippen LogP contribution in [0.4, 0.5) is 10.2 Å². The van der Waals surface area contributed by atoms with Crippen LogP contribution in [0, 0.1) is 15.9 Å². The molecule has 7 heteroatoms. The molecule has 0 aliphatic heterocycles. The van der Waals surface area contributed by atoms with Gasteiger partial charge in [-0.05, 0) is 46.3 Å². The highest BCUT2D eigenvalue weighted by atomic mass is 19.1. The van der Waals surface area contributed by atoms with Crippen LogP contribution in [0.25, 0.3) is 0 Å². The van der Waals surface area contributed by atoms with Gasteiger partial charge in [-0.2, -0.15) is 0 Å². The zero-order chi connectivity index (χ0) is 15.1. The number of pyridine rings is 1. The summed E-state index contributed by atoms with van der Waals surface area (Å²) in [5, 5.41) is 10.7. The summed E-state index contributed by atoms with van der Waals surface area (Å²) in [6.07, 6.45) is 1.87. The van der Waals surface area contributed by atoms with Gasteiger partial charge in [-0.1, -0.05) is 0 Å². The van der Waals surface area contributed by atoms with Crippen molar-refractivity contribution in [1.29, 1.82) is 0 Å². The summed E-state index contributed by atoms with van der Waals surface area (Å²) >= 11 is 0. The Morgan fingerprint density at radius 3 is 2.57 bits per heavy atom. The summed E-state index contributed by atoms with van der Waals surface area (Å²) in [7, 11) is 0. The minimum absolute atomic E-state index is 0.129. The van der Waals surface area contributed by atoms with Crippen molar-refractivity contribution in [1.82, 2.24) is 4.98 Å². The van der Waals surface area contributed by atoms with Crippen LogP contribution in [0.1, 0.15) is 6.42 Å². The molecule has 0 amide bonds. The maximum absolute atomic E-state index is 12.7. The fourth-order valence-electron chi connectivity index (χ4n) is 1.59. The van der Waals surface area contributed by atoms with Gasteiger partial charge in [-0.25, -0.2) is 4.39 Å². The Balaban J connectivity index is 1.75. The van der Waals surface area contributed by atoms with Gasteiger partial charge in [0.15, 0.2) is 0 Å². The van der Waals surface area contributed by atoms with Crippen LogP contribution in [-0.2, 0) is 0 Å². The fourth-order valence-corrected chi connectivity index (χ4v) is 1.59. The molecule has 0 N–H and O–H groups in total. The summed E-state index contributed by atoms with van der Waals surface area (Å²) in [5.41, 5.74) is 0. The number of ether oxygens (including phenoxy) is 2. The Labute approximate surface area is 120 Å². The molecule has 21 heavy (non-hydrogen) atoms. The van der Waals surface area contributed by atoms with Crippen LogP contribution in [0.15, 0.2) is 42.6 Å². The van der Waals surface area contributed by atoms with E-state index in [1.54, 1.807) is 6.07 Å². The van der Waals surface area contributed by atoms with E-state index in [0.717, 1.165) is 0 Å². The Bertz CT molecular complexity index is 604. The van der Waals surface area contributed by atoms with E-state index in [2.05, 4.69) is 4.98 Å². The molecule has 1 aromatic carbocycles. The number of aromatic nitrogens is 1. The van der Waals surface area contributed by atoms with Crippen molar-refractivity contribution in [2.24, 2.45) is 0 Å². The van der Waals surface area contributed by atoms with Crippen LogP contribution in [0.5, 0.6) is 11.5 Å². The standard InChI is InChI=1S/C14H13FN2O4/c15-11-4-6-12(7-5-11)20-9-2-10-21-13-3-1-8-16-14(13)17(18)19/h1,3-8H,2,9-10H2. The van der Waals surface area contributed by atoms with Gasteiger partial charge < -0.3 is 19.6 Å². The third kappa shape index (κ3) is 4.41. The average Bonchev–Trinajstić information content (AvgIpc) is 2.49. The Kier molecular flexibility index (Phi) is 5.03. The summed E-state index contributed by atoms with van der Waals surface area (Å²) in [5.74, 6) is 0.0552. The summed E-state index contributed by atoms with van der Waals surface area (Å²) in [4.78, 5) is 13.8. The number of rotatable bonds is 7. The number of nitrogens with zero attached hydrogens (tertiary/aromatic N) is 2. The molecule has 2 rings (SSSR count). The highest BCUT2D eigenvalue weighted by Gasteiger charge is 2.14. The second-order valence-electron chi connectivity index (χ2n) is 4.09. The average molecular weight is 292 g/mol. The predicted octanol–water partition coefficient (Wildman–Crippen LogP) is 2.98. The summed E-state index contributed by atoms with van der Waals surface area (Å²) < 4.78 is 23.4. The molecule has 0 saturated carbocycles. The molecule has 0 fully saturated rings. The molecule has 1 heterocycles. The second kappa shape index (κ2) is 7.18. The van der Waals surface area contributed by atoms with Crippen LogP contribution in [0.2, 0.25) is 0 Å². The van der Waals surface area contributed by atoms with Crippen molar-refractivity contribution in [2.75, 3.05) is 13.2 Å². The number of hydrogen-bond donors (Lipinski definition) is 0. The molecule has 2 aromatic rings. The topological polar surface area (TPSA) is 74.5 Å². The first kappa shape index (κ1) is 14.7. The van der Waals surface area contributed by atoms with E-state index in [1.807, 2.05) is 0 Å². The molecule has 0 radical (unpaired) electrons. The van der Waals surface area contributed by atoms with Crippen molar-refractivity contribution in [3.8, 4) is 11.5 Å². The normalized spacial score (nSPS) is 10.1. The third-order valence-electron chi connectivity index (χ3n) is 2.55. The smallest absolute Gasteiger partial charge is 0.406 e. The number of benzene rings is 1. The summed E-state index contributed by atoms with van der Waals surface area (Å²) in [6, 6.07) is 8.74. The van der Waals surface area contributed by atoms with Crippen LogP contribution in [0.3, 0.4) is 0 Å². The molecule has 0 unspecified atom stereocenters. The van der Waals surface area contributed by atoms with E-state index in [-0.39, 0.29) is 24.0 Å². The highest BCUT2D eigenvalue weighted by molar-refractivity contribution is 5.38. The molecule has 0 saturated heterocycles. The van der Waals surface area contributed by atoms with Gasteiger partial charge in [-0.15, -0.1) is 0 Å². The van der Waals surface area contributed by atoms with Gasteiger partial charge in [-0.3, -0.25) is 0 Å². The molecular formula is C14H13FN2O4. The maximum atomic E-state index is 12.7. The number of hydrogen-bond acceptors (Lipinski definition) is 5. The SMILES string of the molecule is O=[N+]([O-])c1ncccc1OCCCOc1ccc(F)cc1. The van der Waals surface area contributed by atoms with Gasteiger partial charge in [0.1, 0.15) is 17.8 Å². The summed E-state index contributed by atoms with van der Waals surface area (Å²) in [6.45, 7) is 0.618. The van der Waals surface area contributed by atoms with Crippen molar-refractivity contribution in [3.05, 3.63) is 58.5 Å². The molecule has 1 aromatic heterocycles. The van der Waals surface area contributed by atoms with E-state index in [9.17, 15) is 14.5 Å². The lowest BCUT2D eigenvalue weighted by Gasteiger charge is -2.07. The lowest BCUT2D eigenvalue weighted by molar-refractivity contribution is -0.390. The monoisotopic (exact) mass is 292 g/mol. The zero-order valence-electron chi connectivity index (χ0n) is 11.1. The second-order valence-corrected chi connectivity index (χ2v) is 4.09. The molecule has 6 nitrogen and oxygen atoms in total. The molecule has 0 aliphatic rings. The minimum atomic E-state index is -0.593. The van der Waals surface area contributed by atoms with Crippen LogP contribution >= 0.6 is 0 Å². The number of nitro groups is 1. The van der Waals surface area contributed by atoms with Crippen molar-refractivity contribution < 1.29 is 18.8 Å². The largest absolute Gasteiger partial charge is 0.493 e. The lowest BCUT2D eigenvalue weighted by Crippen LogP contribution is -2.06. The van der Waals surface area contributed by atoms with Crippen molar-refractivity contribution >= 4 is 5.82 Å². The highest BCUT2D eigenvalue weighted by Crippen LogP contribution is 2.22. The molecule has 0 spiro atoms. The molecule has 110 valence electrons. The molecule has 0 atom stereocenters. The number of halogens is 1. The quantitative estimate of drug-likeness (QED) is 0.445. The Morgan fingerprint density at radius 1 is 1.14 bits per heavy atom. The predicted molar refractivity (Wildman–Crippen MR) is 72.9 cm³/mol. The molecular weight excluding hydrogens is 279 g/mol. The van der Waals surface area contributed by atoms with E-state index in [4.69, 9.17) is 9.47 Å². The first-order valence-corrected chi connectivity index (χ1v) is 6.27. The Hall–Kier alpha value is -2.70. The van der Waals surface area contributed by atoms with Crippen molar-refractivity contribution in [2.45, 2.75) is 6.42 Å². The Morgan fingerprint density at radius 2 is 1.86 bits per heavy atom. The van der Waals surface area contributed by atoms with Gasteiger partial charge >= 0.3 is 5.82 Å². The fraction of sp³-hybridized carbons (Fsp3) is 0.214. The zero-order valence-corrected chi connectivity index (χ0v) is 11.1. The minimum Gasteiger partial charge on any atom is -0.493 e. The van der Waals surface area contributed by atoms with E-state index in [1.165, 1.54) is 36.5 Å². The third-order valence-corrected chi connectivity index (χ3v) is 2.55. The lowest BCUT2D eigenvalue weighted by atomic mass is 10.3. The molecule has 0 bridgehead atoms. The van der Waals surface area contributed by atoms with E-state index < -0.39 is 4.92 Å². The van der Waals surface area contributed by atoms with Gasteiger partial charge in [0.25, 0.3) is 0 Å². The first-order chi connectivity index (χ1) is 10.2. The van der Waals surface area contributed by atoms with Crippen molar-refractivity contribution in [3.63, 3.8) is 0 Å². The first-order valence-electron chi connectivity index (χ1n) is 6.27.